The molecule has 4 rings (SSSR count). The summed E-state index contributed by atoms with van der Waals surface area (Å²) in [4.78, 5) is 20.1. The standard InChI is InChI=1S/C22H22FN3OS/c1-3-25(4-2)11-12-26-14-17(21(27)16-10-9-15(23)13-19(16)26)22-24-18-7-5-6-8-20(18)28-22/h5-10,13-14H,3-4,11-12H2,1-2H3. The summed E-state index contributed by atoms with van der Waals surface area (Å²) < 4.78 is 16.9. The van der Waals surface area contributed by atoms with Gasteiger partial charge in [-0.05, 0) is 43.4 Å². The zero-order chi connectivity index (χ0) is 19.7. The molecule has 4 aromatic rings. The largest absolute Gasteiger partial charge is 0.345 e. The number of halogens is 1. The van der Waals surface area contributed by atoms with E-state index >= 15 is 0 Å². The molecule has 0 aliphatic carbocycles. The lowest BCUT2D eigenvalue weighted by atomic mass is 10.1. The highest BCUT2D eigenvalue weighted by Crippen LogP contribution is 2.29. The molecule has 28 heavy (non-hydrogen) atoms. The average Bonchev–Trinajstić information content (AvgIpc) is 3.14. The maximum Gasteiger partial charge on any atom is 0.199 e. The fraction of sp³-hybridized carbons (Fsp3) is 0.273. The molecule has 0 N–H and O–H groups in total. The number of benzene rings is 2. The maximum absolute atomic E-state index is 13.9. The van der Waals surface area contributed by atoms with Gasteiger partial charge in [0.1, 0.15) is 10.8 Å². The fourth-order valence-electron chi connectivity index (χ4n) is 3.48. The predicted molar refractivity (Wildman–Crippen MR) is 115 cm³/mol. The molecule has 0 spiro atoms. The number of hydrogen-bond acceptors (Lipinski definition) is 4. The van der Waals surface area contributed by atoms with Gasteiger partial charge in [-0.2, -0.15) is 0 Å². The van der Waals surface area contributed by atoms with Crippen molar-refractivity contribution in [2.24, 2.45) is 0 Å². The molecule has 0 radical (unpaired) electrons. The zero-order valence-electron chi connectivity index (χ0n) is 16.0. The minimum atomic E-state index is -0.337. The van der Waals surface area contributed by atoms with Crippen molar-refractivity contribution in [3.63, 3.8) is 0 Å². The number of fused-ring (bicyclic) bond motifs is 2. The Hall–Kier alpha value is -2.57. The maximum atomic E-state index is 13.9. The minimum Gasteiger partial charge on any atom is -0.345 e. The molecule has 0 aliphatic heterocycles. The van der Waals surface area contributed by atoms with E-state index in [0.29, 0.717) is 28.0 Å². The predicted octanol–water partition coefficient (Wildman–Crippen LogP) is 4.76. The fourth-order valence-corrected chi connectivity index (χ4v) is 4.45. The number of likely N-dealkylation sites (N-methyl/N-ethyl adjacent to an activating group) is 1. The molecule has 144 valence electrons. The quantitative estimate of drug-likeness (QED) is 0.472. The minimum absolute atomic E-state index is 0.104. The van der Waals surface area contributed by atoms with E-state index in [0.717, 1.165) is 29.9 Å². The molecule has 6 heteroatoms. The van der Waals surface area contributed by atoms with Gasteiger partial charge in [-0.25, -0.2) is 9.37 Å². The van der Waals surface area contributed by atoms with Crippen LogP contribution < -0.4 is 5.43 Å². The second-order valence-electron chi connectivity index (χ2n) is 6.74. The lowest BCUT2D eigenvalue weighted by Crippen LogP contribution is -2.27. The number of para-hydroxylation sites is 1. The summed E-state index contributed by atoms with van der Waals surface area (Å²) in [7, 11) is 0. The first-order valence-electron chi connectivity index (χ1n) is 9.51. The number of nitrogens with zero attached hydrogens (tertiary/aromatic N) is 3. The first-order chi connectivity index (χ1) is 13.6. The molecule has 0 fully saturated rings. The van der Waals surface area contributed by atoms with Gasteiger partial charge in [0.05, 0.1) is 21.3 Å². The summed E-state index contributed by atoms with van der Waals surface area (Å²) in [5.74, 6) is -0.337. The number of pyridine rings is 1. The lowest BCUT2D eigenvalue weighted by molar-refractivity contribution is 0.292. The molecule has 2 aromatic carbocycles. The summed E-state index contributed by atoms with van der Waals surface area (Å²) in [5.41, 5.74) is 1.98. The van der Waals surface area contributed by atoms with E-state index in [1.54, 1.807) is 6.07 Å². The van der Waals surface area contributed by atoms with Crippen LogP contribution in [0, 0.1) is 5.82 Å². The van der Waals surface area contributed by atoms with Crippen LogP contribution in [0.2, 0.25) is 0 Å². The van der Waals surface area contributed by atoms with Crippen LogP contribution in [0.5, 0.6) is 0 Å². The van der Waals surface area contributed by atoms with Crippen LogP contribution in [0.15, 0.2) is 53.5 Å². The summed E-state index contributed by atoms with van der Waals surface area (Å²) >= 11 is 1.51. The Morgan fingerprint density at radius 1 is 1.14 bits per heavy atom. The normalized spacial score (nSPS) is 11.7. The molecule has 0 unspecified atom stereocenters. The highest BCUT2D eigenvalue weighted by Gasteiger charge is 2.15. The monoisotopic (exact) mass is 395 g/mol. The van der Waals surface area contributed by atoms with E-state index in [4.69, 9.17) is 0 Å². The van der Waals surface area contributed by atoms with Gasteiger partial charge in [0.15, 0.2) is 5.43 Å². The molecule has 0 atom stereocenters. The smallest absolute Gasteiger partial charge is 0.199 e. The van der Waals surface area contributed by atoms with Gasteiger partial charge >= 0.3 is 0 Å². The van der Waals surface area contributed by atoms with Gasteiger partial charge in [-0.3, -0.25) is 4.79 Å². The summed E-state index contributed by atoms with van der Waals surface area (Å²) in [6, 6.07) is 12.2. The van der Waals surface area contributed by atoms with Gasteiger partial charge in [0.2, 0.25) is 0 Å². The topological polar surface area (TPSA) is 38.1 Å². The van der Waals surface area contributed by atoms with Crippen molar-refractivity contribution in [1.82, 2.24) is 14.5 Å². The van der Waals surface area contributed by atoms with E-state index < -0.39 is 0 Å². The summed E-state index contributed by atoms with van der Waals surface area (Å²) in [6.07, 6.45) is 1.84. The van der Waals surface area contributed by atoms with Crippen LogP contribution in [0.1, 0.15) is 13.8 Å². The van der Waals surface area contributed by atoms with Crippen LogP contribution in [0.4, 0.5) is 4.39 Å². The molecular formula is C22H22FN3OS. The number of hydrogen-bond donors (Lipinski definition) is 0. The Balaban J connectivity index is 1.88. The van der Waals surface area contributed by atoms with Crippen molar-refractivity contribution in [3.8, 4) is 10.6 Å². The number of thiazole rings is 1. The Bertz CT molecular complexity index is 1160. The molecule has 0 bridgehead atoms. The van der Waals surface area contributed by atoms with Crippen LogP contribution in [0.25, 0.3) is 31.7 Å². The van der Waals surface area contributed by atoms with Crippen molar-refractivity contribution in [2.45, 2.75) is 20.4 Å². The molecule has 0 aliphatic rings. The molecule has 4 nitrogen and oxygen atoms in total. The van der Waals surface area contributed by atoms with E-state index in [1.807, 2.05) is 35.0 Å². The van der Waals surface area contributed by atoms with Crippen molar-refractivity contribution in [3.05, 3.63) is 64.7 Å². The Labute approximate surface area is 166 Å². The summed E-state index contributed by atoms with van der Waals surface area (Å²) in [6.45, 7) is 7.67. The molecule has 2 heterocycles. The van der Waals surface area contributed by atoms with Crippen LogP contribution in [-0.4, -0.2) is 34.1 Å². The van der Waals surface area contributed by atoms with Crippen molar-refractivity contribution in [2.75, 3.05) is 19.6 Å². The Kier molecular flexibility index (Phi) is 5.24. The van der Waals surface area contributed by atoms with E-state index in [-0.39, 0.29) is 11.2 Å². The second-order valence-corrected chi connectivity index (χ2v) is 7.77. The van der Waals surface area contributed by atoms with Gasteiger partial charge in [0, 0.05) is 24.7 Å². The summed E-state index contributed by atoms with van der Waals surface area (Å²) in [5, 5.41) is 1.23. The van der Waals surface area contributed by atoms with Crippen molar-refractivity contribution < 1.29 is 4.39 Å². The lowest BCUT2D eigenvalue weighted by Gasteiger charge is -2.20. The van der Waals surface area contributed by atoms with E-state index in [1.165, 1.54) is 23.5 Å². The highest BCUT2D eigenvalue weighted by molar-refractivity contribution is 7.21. The van der Waals surface area contributed by atoms with E-state index in [2.05, 4.69) is 23.7 Å². The van der Waals surface area contributed by atoms with Crippen LogP contribution in [0.3, 0.4) is 0 Å². The third kappa shape index (κ3) is 3.45. The van der Waals surface area contributed by atoms with Crippen molar-refractivity contribution in [1.29, 1.82) is 0 Å². The number of rotatable bonds is 6. The van der Waals surface area contributed by atoms with Gasteiger partial charge < -0.3 is 9.47 Å². The first kappa shape index (κ1) is 18.8. The van der Waals surface area contributed by atoms with Crippen LogP contribution >= 0.6 is 11.3 Å². The zero-order valence-corrected chi connectivity index (χ0v) is 16.8. The molecule has 0 saturated heterocycles. The average molecular weight is 396 g/mol. The van der Waals surface area contributed by atoms with Crippen molar-refractivity contribution >= 4 is 32.5 Å². The van der Waals surface area contributed by atoms with Crippen LogP contribution in [-0.2, 0) is 6.54 Å². The third-order valence-electron chi connectivity index (χ3n) is 5.12. The first-order valence-corrected chi connectivity index (χ1v) is 10.3. The molecule has 2 aromatic heterocycles. The Morgan fingerprint density at radius 2 is 1.93 bits per heavy atom. The molecule has 0 amide bonds. The van der Waals surface area contributed by atoms with Gasteiger partial charge in [-0.15, -0.1) is 11.3 Å². The highest BCUT2D eigenvalue weighted by atomic mass is 32.1. The number of aromatic nitrogens is 2. The Morgan fingerprint density at radius 3 is 2.68 bits per heavy atom. The second kappa shape index (κ2) is 7.81. The molecular weight excluding hydrogens is 373 g/mol. The van der Waals surface area contributed by atoms with E-state index in [9.17, 15) is 9.18 Å². The van der Waals surface area contributed by atoms with Gasteiger partial charge in [0.25, 0.3) is 0 Å². The third-order valence-corrected chi connectivity index (χ3v) is 6.19. The SMILES string of the molecule is CCN(CC)CCn1cc(-c2nc3ccccc3s2)c(=O)c2ccc(F)cc21. The molecule has 0 saturated carbocycles. The van der Waals surface area contributed by atoms with Gasteiger partial charge in [-0.1, -0.05) is 26.0 Å².